The number of hydrogen-bond acceptors (Lipinski definition) is 5. The maximum Gasteiger partial charge on any atom is 0.224 e. The Morgan fingerprint density at radius 1 is 1.35 bits per heavy atom. The van der Waals surface area contributed by atoms with Gasteiger partial charge in [-0.2, -0.15) is 10.2 Å². The third kappa shape index (κ3) is 2.65. The number of nitrogens with two attached hydrogens (primary N) is 1. The summed E-state index contributed by atoms with van der Waals surface area (Å²) in [6.07, 6.45) is 3.62. The van der Waals surface area contributed by atoms with Gasteiger partial charge >= 0.3 is 0 Å². The molecule has 1 unspecified atom stereocenters. The third-order valence-electron chi connectivity index (χ3n) is 4.48. The van der Waals surface area contributed by atoms with E-state index in [-0.39, 0.29) is 11.8 Å². The van der Waals surface area contributed by atoms with Crippen molar-refractivity contribution in [3.8, 4) is 11.3 Å². The van der Waals surface area contributed by atoms with Crippen LogP contribution in [0, 0.1) is 5.92 Å². The summed E-state index contributed by atoms with van der Waals surface area (Å²) >= 11 is 0. The van der Waals surface area contributed by atoms with Gasteiger partial charge in [0.05, 0.1) is 29.1 Å². The molecule has 26 heavy (non-hydrogen) atoms. The summed E-state index contributed by atoms with van der Waals surface area (Å²) in [5.74, 6) is 0.204. The number of rotatable bonds is 4. The molecule has 3 heterocycles. The monoisotopic (exact) mass is 349 g/mol. The molecule has 4 N–H and O–H groups in total. The number of benzene rings is 1. The predicted octanol–water partition coefficient (Wildman–Crippen LogP) is 1.94. The summed E-state index contributed by atoms with van der Waals surface area (Å²) in [6.45, 7) is 2.34. The quantitative estimate of drug-likeness (QED) is 0.521. The number of nitrogen functional groups attached to an aromatic ring is 1. The van der Waals surface area contributed by atoms with Gasteiger partial charge in [0.1, 0.15) is 11.3 Å². The van der Waals surface area contributed by atoms with Gasteiger partial charge in [0.25, 0.3) is 0 Å². The van der Waals surface area contributed by atoms with Crippen molar-refractivity contribution in [2.75, 3.05) is 12.8 Å². The zero-order valence-electron chi connectivity index (χ0n) is 14.5. The van der Waals surface area contributed by atoms with E-state index >= 15 is 0 Å². The summed E-state index contributed by atoms with van der Waals surface area (Å²) in [6, 6.07) is 7.82. The normalized spacial score (nSPS) is 12.5. The highest BCUT2D eigenvalue weighted by Gasteiger charge is 2.16. The van der Waals surface area contributed by atoms with Crippen molar-refractivity contribution in [3.05, 3.63) is 36.7 Å². The number of carbonyl (C=O) groups is 1. The van der Waals surface area contributed by atoms with Gasteiger partial charge in [-0.1, -0.05) is 13.0 Å². The topological polar surface area (TPSA) is 115 Å². The standard InChI is InChI=1S/C18H19N7O/c1-10(18(26)20-2)8-25-9-13-16(24-25)12-4-3-11(14-5-6-21-23-14)7-15(12)22-17(13)19/h3-7,9-10H,8H2,1-2H3,(H2,19,22)(H,20,26)(H,21,23). The molecule has 1 amide bonds. The Balaban J connectivity index is 1.80. The van der Waals surface area contributed by atoms with E-state index in [0.717, 1.165) is 33.1 Å². The highest BCUT2D eigenvalue weighted by molar-refractivity contribution is 6.08. The summed E-state index contributed by atoms with van der Waals surface area (Å²) < 4.78 is 1.75. The van der Waals surface area contributed by atoms with E-state index in [0.29, 0.717) is 12.4 Å². The van der Waals surface area contributed by atoms with Crippen molar-refractivity contribution in [1.29, 1.82) is 0 Å². The molecule has 8 nitrogen and oxygen atoms in total. The van der Waals surface area contributed by atoms with Crippen molar-refractivity contribution in [1.82, 2.24) is 30.3 Å². The molecule has 0 aliphatic carbocycles. The average Bonchev–Trinajstić information content (AvgIpc) is 3.30. The Bertz CT molecular complexity index is 1100. The van der Waals surface area contributed by atoms with Gasteiger partial charge in [-0.15, -0.1) is 0 Å². The molecule has 4 aromatic rings. The summed E-state index contributed by atoms with van der Waals surface area (Å²) in [7, 11) is 1.63. The smallest absolute Gasteiger partial charge is 0.224 e. The van der Waals surface area contributed by atoms with E-state index in [1.807, 2.05) is 37.4 Å². The van der Waals surface area contributed by atoms with E-state index in [9.17, 15) is 4.79 Å². The lowest BCUT2D eigenvalue weighted by Crippen LogP contribution is -2.28. The minimum absolute atomic E-state index is 0.0239. The number of pyridine rings is 1. The molecule has 132 valence electrons. The number of fused-ring (bicyclic) bond motifs is 3. The van der Waals surface area contributed by atoms with Crippen LogP contribution in [0.4, 0.5) is 5.82 Å². The van der Waals surface area contributed by atoms with E-state index in [2.05, 4.69) is 25.6 Å². The van der Waals surface area contributed by atoms with Crippen molar-refractivity contribution < 1.29 is 4.79 Å². The first-order valence-electron chi connectivity index (χ1n) is 8.35. The Morgan fingerprint density at radius 2 is 2.19 bits per heavy atom. The molecular formula is C18H19N7O. The van der Waals surface area contributed by atoms with Crippen LogP contribution in [0.3, 0.4) is 0 Å². The fourth-order valence-electron chi connectivity index (χ4n) is 3.11. The molecule has 0 aliphatic heterocycles. The van der Waals surface area contributed by atoms with Crippen molar-refractivity contribution >= 4 is 33.5 Å². The molecule has 0 saturated carbocycles. The van der Waals surface area contributed by atoms with E-state index in [1.165, 1.54) is 0 Å². The van der Waals surface area contributed by atoms with Gasteiger partial charge in [-0.05, 0) is 18.2 Å². The second-order valence-corrected chi connectivity index (χ2v) is 6.32. The minimum atomic E-state index is -0.193. The van der Waals surface area contributed by atoms with Crippen LogP contribution in [0.15, 0.2) is 36.7 Å². The highest BCUT2D eigenvalue weighted by Crippen LogP contribution is 2.29. The van der Waals surface area contributed by atoms with Crippen LogP contribution >= 0.6 is 0 Å². The number of nitrogens with zero attached hydrogens (tertiary/aromatic N) is 4. The van der Waals surface area contributed by atoms with Crippen LogP contribution < -0.4 is 11.1 Å². The first-order chi connectivity index (χ1) is 12.6. The first-order valence-corrected chi connectivity index (χ1v) is 8.35. The molecule has 0 spiro atoms. The molecule has 0 fully saturated rings. The fourth-order valence-corrected chi connectivity index (χ4v) is 3.11. The number of hydrogen-bond donors (Lipinski definition) is 3. The van der Waals surface area contributed by atoms with Crippen LogP contribution in [0.1, 0.15) is 6.92 Å². The Hall–Kier alpha value is -3.42. The Labute approximate surface area is 149 Å². The second-order valence-electron chi connectivity index (χ2n) is 6.32. The van der Waals surface area contributed by atoms with Gasteiger partial charge in [0.2, 0.25) is 5.91 Å². The van der Waals surface area contributed by atoms with Gasteiger partial charge in [-0.3, -0.25) is 14.6 Å². The van der Waals surface area contributed by atoms with Gasteiger partial charge < -0.3 is 11.1 Å². The summed E-state index contributed by atoms with van der Waals surface area (Å²) in [4.78, 5) is 16.3. The Kier molecular flexibility index (Phi) is 3.80. The molecule has 1 atom stereocenters. The number of amides is 1. The molecule has 0 aliphatic rings. The molecule has 0 saturated heterocycles. The van der Waals surface area contributed by atoms with Crippen LogP contribution in [0.25, 0.3) is 33.1 Å². The molecule has 3 aromatic heterocycles. The number of aromatic amines is 1. The van der Waals surface area contributed by atoms with Crippen molar-refractivity contribution in [2.45, 2.75) is 13.5 Å². The summed E-state index contributed by atoms with van der Waals surface area (Å²) in [5, 5.41) is 16.0. The maximum absolute atomic E-state index is 11.8. The van der Waals surface area contributed by atoms with E-state index < -0.39 is 0 Å². The van der Waals surface area contributed by atoms with E-state index in [4.69, 9.17) is 5.73 Å². The van der Waals surface area contributed by atoms with Crippen LogP contribution in [-0.4, -0.2) is 37.9 Å². The predicted molar refractivity (Wildman–Crippen MR) is 100 cm³/mol. The SMILES string of the molecule is CNC(=O)C(C)Cn1cc2c(N)nc3cc(-c4cc[nH]n4)ccc3c2n1. The number of aromatic nitrogens is 5. The highest BCUT2D eigenvalue weighted by atomic mass is 16.1. The fraction of sp³-hybridized carbons (Fsp3) is 0.222. The number of anilines is 1. The van der Waals surface area contributed by atoms with Crippen molar-refractivity contribution in [2.24, 2.45) is 5.92 Å². The molecular weight excluding hydrogens is 330 g/mol. The van der Waals surface area contributed by atoms with Crippen molar-refractivity contribution in [3.63, 3.8) is 0 Å². The largest absolute Gasteiger partial charge is 0.383 e. The van der Waals surface area contributed by atoms with Gasteiger partial charge in [0, 0.05) is 30.4 Å². The van der Waals surface area contributed by atoms with E-state index in [1.54, 1.807) is 17.9 Å². The average molecular weight is 349 g/mol. The lowest BCUT2D eigenvalue weighted by Gasteiger charge is -2.09. The number of nitrogens with one attached hydrogen (secondary N) is 2. The number of carbonyl (C=O) groups excluding carboxylic acids is 1. The minimum Gasteiger partial charge on any atom is -0.383 e. The van der Waals surface area contributed by atoms with Gasteiger partial charge in [-0.25, -0.2) is 4.98 Å². The zero-order valence-corrected chi connectivity index (χ0v) is 14.5. The first kappa shape index (κ1) is 16.1. The lowest BCUT2D eigenvalue weighted by atomic mass is 10.1. The molecule has 4 rings (SSSR count). The Morgan fingerprint density at radius 3 is 2.92 bits per heavy atom. The zero-order chi connectivity index (χ0) is 18.3. The molecule has 8 heteroatoms. The van der Waals surface area contributed by atoms with Gasteiger partial charge in [0.15, 0.2) is 0 Å². The molecule has 1 aromatic carbocycles. The second kappa shape index (κ2) is 6.14. The molecule has 0 radical (unpaired) electrons. The summed E-state index contributed by atoms with van der Waals surface area (Å²) in [5.41, 5.74) is 9.50. The third-order valence-corrected chi connectivity index (χ3v) is 4.48. The number of H-pyrrole nitrogens is 1. The molecule has 0 bridgehead atoms. The van der Waals surface area contributed by atoms with Crippen LogP contribution in [0.2, 0.25) is 0 Å². The van der Waals surface area contributed by atoms with Crippen LogP contribution in [-0.2, 0) is 11.3 Å². The van der Waals surface area contributed by atoms with Crippen LogP contribution in [0.5, 0.6) is 0 Å². The maximum atomic E-state index is 11.8. The lowest BCUT2D eigenvalue weighted by molar-refractivity contribution is -0.124.